The molecule has 1 unspecified atom stereocenters. The Morgan fingerprint density at radius 2 is 1.58 bits per heavy atom. The van der Waals surface area contributed by atoms with Gasteiger partial charge in [0.2, 0.25) is 11.8 Å². The Hall–Kier alpha value is -1.96. The lowest BCUT2D eigenvalue weighted by Crippen LogP contribution is -2.54. The highest BCUT2D eigenvalue weighted by molar-refractivity contribution is 5.90. The third kappa shape index (κ3) is 8.97. The first kappa shape index (κ1) is 27.1. The number of hydrogen-bond donors (Lipinski definition) is 3. The van der Waals surface area contributed by atoms with Crippen LogP contribution in [-0.2, 0) is 19.2 Å². The minimum absolute atomic E-state index is 0.0221. The number of carboxylic acid groups (broad SMARTS) is 1. The average Bonchev–Trinajstić information content (AvgIpc) is 2.65. The van der Waals surface area contributed by atoms with E-state index < -0.39 is 12.0 Å². The van der Waals surface area contributed by atoms with E-state index in [1.54, 1.807) is 0 Å². The minimum Gasteiger partial charge on any atom is -0.481 e. The molecule has 1 rings (SSSR count). The molecule has 1 aliphatic rings. The van der Waals surface area contributed by atoms with Gasteiger partial charge in [-0.3, -0.25) is 24.1 Å². The highest BCUT2D eigenvalue weighted by atomic mass is 16.4. The molecule has 2 amide bonds. The molecule has 1 aliphatic carbocycles. The number of ketones is 1. The van der Waals surface area contributed by atoms with E-state index in [9.17, 15) is 19.2 Å². The molecule has 31 heavy (non-hydrogen) atoms. The standard InChI is InChI=1S/C23H41N3O5/c1-14(2)20(16(5)27)25-22(29)21(15(3)4)26(6)13-7-8-19(28)24-18-11-9-17(10-12-18)23(30)31/h14-15,17-18,20-21H,7-13H2,1-6H3,(H,24,28)(H,25,29)(H,30,31)/t17?,18?,20-,21?/m0/s1. The van der Waals surface area contributed by atoms with Crippen LogP contribution in [0.1, 0.15) is 73.1 Å². The third-order valence-electron chi connectivity index (χ3n) is 6.13. The van der Waals surface area contributed by atoms with E-state index in [0.717, 1.165) is 0 Å². The van der Waals surface area contributed by atoms with Crippen LogP contribution in [-0.4, -0.2) is 65.3 Å². The van der Waals surface area contributed by atoms with E-state index in [1.165, 1.54) is 6.92 Å². The highest BCUT2D eigenvalue weighted by Crippen LogP contribution is 2.24. The van der Waals surface area contributed by atoms with E-state index in [1.807, 2.05) is 39.6 Å². The number of nitrogens with one attached hydrogen (secondary N) is 2. The number of nitrogens with zero attached hydrogens (tertiary/aromatic N) is 1. The number of hydrogen-bond acceptors (Lipinski definition) is 5. The summed E-state index contributed by atoms with van der Waals surface area (Å²) in [6.07, 6.45) is 3.58. The Balaban J connectivity index is 2.48. The zero-order chi connectivity index (χ0) is 23.7. The molecular formula is C23H41N3O5. The highest BCUT2D eigenvalue weighted by Gasteiger charge is 2.30. The molecule has 8 nitrogen and oxygen atoms in total. The Labute approximate surface area is 186 Å². The average molecular weight is 440 g/mol. The number of amides is 2. The van der Waals surface area contributed by atoms with Crippen molar-refractivity contribution in [2.75, 3.05) is 13.6 Å². The summed E-state index contributed by atoms with van der Waals surface area (Å²) in [6, 6.07) is -0.825. The van der Waals surface area contributed by atoms with E-state index in [4.69, 9.17) is 5.11 Å². The molecule has 0 spiro atoms. The van der Waals surface area contributed by atoms with Gasteiger partial charge in [0, 0.05) is 12.5 Å². The molecule has 1 fully saturated rings. The largest absolute Gasteiger partial charge is 0.481 e. The van der Waals surface area contributed by atoms with Crippen LogP contribution in [0.5, 0.6) is 0 Å². The lowest BCUT2D eigenvalue weighted by Gasteiger charge is -2.32. The molecule has 0 aromatic heterocycles. The van der Waals surface area contributed by atoms with Crippen LogP contribution in [0.25, 0.3) is 0 Å². The van der Waals surface area contributed by atoms with Crippen molar-refractivity contribution in [2.24, 2.45) is 17.8 Å². The summed E-state index contributed by atoms with van der Waals surface area (Å²) in [5, 5.41) is 15.0. The van der Waals surface area contributed by atoms with Gasteiger partial charge in [-0.15, -0.1) is 0 Å². The predicted octanol–water partition coefficient (Wildman–Crippen LogP) is 2.21. The second kappa shape index (κ2) is 12.8. The van der Waals surface area contributed by atoms with Crippen molar-refractivity contribution < 1.29 is 24.3 Å². The molecular weight excluding hydrogens is 398 g/mol. The van der Waals surface area contributed by atoms with Crippen LogP contribution in [0.4, 0.5) is 0 Å². The monoisotopic (exact) mass is 439 g/mol. The quantitative estimate of drug-likeness (QED) is 0.429. The smallest absolute Gasteiger partial charge is 0.306 e. The fourth-order valence-corrected chi connectivity index (χ4v) is 4.40. The van der Waals surface area contributed by atoms with Crippen LogP contribution in [0.2, 0.25) is 0 Å². The van der Waals surface area contributed by atoms with Gasteiger partial charge in [-0.05, 0) is 64.5 Å². The first-order chi connectivity index (χ1) is 14.4. The van der Waals surface area contributed by atoms with Gasteiger partial charge in [-0.25, -0.2) is 0 Å². The van der Waals surface area contributed by atoms with Crippen molar-refractivity contribution in [2.45, 2.75) is 91.3 Å². The van der Waals surface area contributed by atoms with Gasteiger partial charge in [0.25, 0.3) is 0 Å². The number of likely N-dealkylation sites (N-methyl/N-ethyl adjacent to an activating group) is 1. The number of carboxylic acids is 1. The fraction of sp³-hybridized carbons (Fsp3) is 0.826. The van der Waals surface area contributed by atoms with Gasteiger partial charge >= 0.3 is 5.97 Å². The number of carbonyl (C=O) groups excluding carboxylic acids is 3. The maximum Gasteiger partial charge on any atom is 0.306 e. The third-order valence-corrected chi connectivity index (χ3v) is 6.13. The normalized spacial score (nSPS) is 21.1. The Kier molecular flexibility index (Phi) is 11.2. The van der Waals surface area contributed by atoms with Crippen LogP contribution in [0, 0.1) is 17.8 Å². The lowest BCUT2D eigenvalue weighted by molar-refractivity contribution is -0.142. The first-order valence-electron chi connectivity index (χ1n) is 11.5. The van der Waals surface area contributed by atoms with Crippen LogP contribution >= 0.6 is 0 Å². The topological polar surface area (TPSA) is 116 Å². The summed E-state index contributed by atoms with van der Waals surface area (Å²) in [7, 11) is 1.87. The van der Waals surface area contributed by atoms with Gasteiger partial charge < -0.3 is 15.7 Å². The molecule has 2 atom stereocenters. The maximum absolute atomic E-state index is 12.9. The Bertz CT molecular complexity index is 627. The Morgan fingerprint density at radius 1 is 1.00 bits per heavy atom. The molecule has 8 heteroatoms. The van der Waals surface area contributed by atoms with Gasteiger partial charge in [-0.1, -0.05) is 27.7 Å². The number of carbonyl (C=O) groups is 4. The molecule has 0 aliphatic heterocycles. The van der Waals surface area contributed by atoms with E-state index in [0.29, 0.717) is 45.1 Å². The van der Waals surface area contributed by atoms with Crippen LogP contribution < -0.4 is 10.6 Å². The molecule has 1 saturated carbocycles. The zero-order valence-corrected chi connectivity index (χ0v) is 19.9. The van der Waals surface area contributed by atoms with Crippen molar-refractivity contribution in [1.82, 2.24) is 15.5 Å². The maximum atomic E-state index is 12.9. The van der Waals surface area contributed by atoms with Crippen molar-refractivity contribution in [3.63, 3.8) is 0 Å². The first-order valence-corrected chi connectivity index (χ1v) is 11.5. The predicted molar refractivity (Wildman–Crippen MR) is 119 cm³/mol. The molecule has 0 bridgehead atoms. The van der Waals surface area contributed by atoms with Gasteiger partial charge in [0.05, 0.1) is 18.0 Å². The van der Waals surface area contributed by atoms with Crippen LogP contribution in [0.3, 0.4) is 0 Å². The second-order valence-corrected chi connectivity index (χ2v) is 9.57. The fourth-order valence-electron chi connectivity index (χ4n) is 4.40. The van der Waals surface area contributed by atoms with Gasteiger partial charge in [0.1, 0.15) is 0 Å². The Morgan fingerprint density at radius 3 is 2.03 bits per heavy atom. The van der Waals surface area contributed by atoms with Gasteiger partial charge in [-0.2, -0.15) is 0 Å². The summed E-state index contributed by atoms with van der Waals surface area (Å²) in [5.41, 5.74) is 0. The summed E-state index contributed by atoms with van der Waals surface area (Å²) >= 11 is 0. The van der Waals surface area contributed by atoms with Crippen molar-refractivity contribution in [3.8, 4) is 0 Å². The second-order valence-electron chi connectivity index (χ2n) is 9.57. The summed E-state index contributed by atoms with van der Waals surface area (Å²) in [5.74, 6) is -1.21. The van der Waals surface area contributed by atoms with E-state index in [-0.39, 0.29) is 47.4 Å². The van der Waals surface area contributed by atoms with E-state index in [2.05, 4.69) is 10.6 Å². The molecule has 3 N–H and O–H groups in total. The SMILES string of the molecule is CC(=O)[C@@H](NC(=O)C(C(C)C)N(C)CCCC(=O)NC1CCC(C(=O)O)CC1)C(C)C. The van der Waals surface area contributed by atoms with Gasteiger partial charge in [0.15, 0.2) is 5.78 Å². The molecule has 0 aromatic rings. The number of Topliss-reactive ketones (excluding diaryl/α,β-unsaturated/α-hetero) is 1. The minimum atomic E-state index is -0.750. The van der Waals surface area contributed by atoms with Crippen molar-refractivity contribution in [3.05, 3.63) is 0 Å². The summed E-state index contributed by atoms with van der Waals surface area (Å²) < 4.78 is 0. The zero-order valence-electron chi connectivity index (χ0n) is 19.9. The van der Waals surface area contributed by atoms with Crippen molar-refractivity contribution in [1.29, 1.82) is 0 Å². The molecule has 0 heterocycles. The molecule has 0 saturated heterocycles. The molecule has 0 aromatic carbocycles. The number of aliphatic carboxylic acids is 1. The van der Waals surface area contributed by atoms with E-state index >= 15 is 0 Å². The number of rotatable bonds is 12. The summed E-state index contributed by atoms with van der Waals surface area (Å²) in [4.78, 5) is 49.9. The lowest BCUT2D eigenvalue weighted by atomic mass is 9.86. The van der Waals surface area contributed by atoms with Crippen molar-refractivity contribution >= 4 is 23.6 Å². The summed E-state index contributed by atoms with van der Waals surface area (Å²) in [6.45, 7) is 9.84. The molecule has 178 valence electrons. The molecule has 0 radical (unpaired) electrons. The van der Waals surface area contributed by atoms with Crippen LogP contribution in [0.15, 0.2) is 0 Å².